The van der Waals surface area contributed by atoms with E-state index in [0.717, 1.165) is 17.1 Å². The molecule has 0 unspecified atom stereocenters. The summed E-state index contributed by atoms with van der Waals surface area (Å²) < 4.78 is 0. The van der Waals surface area contributed by atoms with E-state index in [1.54, 1.807) is 30.5 Å². The van der Waals surface area contributed by atoms with Gasteiger partial charge in [-0.15, -0.1) is 0 Å². The smallest absolute Gasteiger partial charge is 0.255 e. The van der Waals surface area contributed by atoms with Crippen molar-refractivity contribution in [1.29, 1.82) is 0 Å². The number of carbonyl (C=O) groups is 1. The van der Waals surface area contributed by atoms with Gasteiger partial charge in [0, 0.05) is 28.2 Å². The lowest BCUT2D eigenvalue weighted by molar-refractivity contribution is 0.102. The minimum atomic E-state index is -0.188. The fourth-order valence-electron chi connectivity index (χ4n) is 2.20. The van der Waals surface area contributed by atoms with Crippen LogP contribution in [0.2, 0.25) is 5.02 Å². The molecular formula is C19H16ClN3O. The van der Waals surface area contributed by atoms with E-state index >= 15 is 0 Å². The van der Waals surface area contributed by atoms with Crippen molar-refractivity contribution < 1.29 is 4.79 Å². The number of hydrogen-bond acceptors (Lipinski definition) is 3. The van der Waals surface area contributed by atoms with Crippen LogP contribution in [0.1, 0.15) is 16.1 Å². The highest BCUT2D eigenvalue weighted by Crippen LogP contribution is 2.16. The molecule has 0 aliphatic rings. The first kappa shape index (κ1) is 16.0. The number of nitrogens with one attached hydrogen (secondary N) is 2. The standard InChI is InChI=1S/C19H16ClN3O/c20-15-5-3-4-14(12-15)19(24)23-17-9-7-16(8-10-17)22-13-18-6-1-2-11-21-18/h1-12,22H,13H2,(H,23,24). The number of nitrogens with zero attached hydrogens (tertiary/aromatic N) is 1. The first-order valence-corrected chi connectivity index (χ1v) is 7.89. The van der Waals surface area contributed by atoms with E-state index in [9.17, 15) is 4.79 Å². The van der Waals surface area contributed by atoms with Gasteiger partial charge in [0.15, 0.2) is 0 Å². The summed E-state index contributed by atoms with van der Waals surface area (Å²) in [6, 6.07) is 20.2. The third-order valence-electron chi connectivity index (χ3n) is 3.43. The van der Waals surface area contributed by atoms with E-state index in [4.69, 9.17) is 11.6 Å². The summed E-state index contributed by atoms with van der Waals surface area (Å²) in [7, 11) is 0. The van der Waals surface area contributed by atoms with Crippen LogP contribution in [0.4, 0.5) is 11.4 Å². The van der Waals surface area contributed by atoms with E-state index in [-0.39, 0.29) is 5.91 Å². The molecule has 4 nitrogen and oxygen atoms in total. The number of hydrogen-bond donors (Lipinski definition) is 2. The van der Waals surface area contributed by atoms with Crippen LogP contribution in [-0.2, 0) is 6.54 Å². The number of anilines is 2. The molecule has 0 aliphatic heterocycles. The summed E-state index contributed by atoms with van der Waals surface area (Å²) in [6.45, 7) is 0.648. The van der Waals surface area contributed by atoms with E-state index < -0.39 is 0 Å². The molecule has 0 saturated carbocycles. The molecule has 1 heterocycles. The molecule has 0 fully saturated rings. The lowest BCUT2D eigenvalue weighted by atomic mass is 10.2. The van der Waals surface area contributed by atoms with Crippen molar-refractivity contribution in [3.8, 4) is 0 Å². The number of carbonyl (C=O) groups excluding carboxylic acids is 1. The van der Waals surface area contributed by atoms with Gasteiger partial charge in [0.05, 0.1) is 12.2 Å². The zero-order chi connectivity index (χ0) is 16.8. The maximum atomic E-state index is 12.2. The Morgan fingerprint density at radius 2 is 1.75 bits per heavy atom. The van der Waals surface area contributed by atoms with Crippen molar-refractivity contribution in [1.82, 2.24) is 4.98 Å². The molecule has 0 spiro atoms. The highest BCUT2D eigenvalue weighted by atomic mass is 35.5. The lowest BCUT2D eigenvalue weighted by Gasteiger charge is -2.09. The van der Waals surface area contributed by atoms with Gasteiger partial charge in [-0.3, -0.25) is 9.78 Å². The van der Waals surface area contributed by atoms with Crippen LogP contribution in [0.5, 0.6) is 0 Å². The topological polar surface area (TPSA) is 54.0 Å². The van der Waals surface area contributed by atoms with Crippen molar-refractivity contribution in [2.24, 2.45) is 0 Å². The second-order valence-electron chi connectivity index (χ2n) is 5.22. The lowest BCUT2D eigenvalue weighted by Crippen LogP contribution is -2.11. The molecule has 2 aromatic carbocycles. The first-order valence-electron chi connectivity index (χ1n) is 7.51. The molecule has 0 bridgehead atoms. The van der Waals surface area contributed by atoms with Gasteiger partial charge >= 0.3 is 0 Å². The Balaban J connectivity index is 1.59. The highest BCUT2D eigenvalue weighted by Gasteiger charge is 2.06. The predicted octanol–water partition coefficient (Wildman–Crippen LogP) is 4.60. The second-order valence-corrected chi connectivity index (χ2v) is 5.65. The van der Waals surface area contributed by atoms with E-state index in [1.165, 1.54) is 0 Å². The Morgan fingerprint density at radius 1 is 0.958 bits per heavy atom. The average Bonchev–Trinajstić information content (AvgIpc) is 2.62. The maximum absolute atomic E-state index is 12.2. The Morgan fingerprint density at radius 3 is 2.46 bits per heavy atom. The molecule has 3 aromatic rings. The quantitative estimate of drug-likeness (QED) is 0.715. The molecule has 0 atom stereocenters. The minimum absolute atomic E-state index is 0.188. The molecule has 24 heavy (non-hydrogen) atoms. The summed E-state index contributed by atoms with van der Waals surface area (Å²) >= 11 is 5.90. The van der Waals surface area contributed by atoms with Crippen molar-refractivity contribution in [2.45, 2.75) is 6.54 Å². The van der Waals surface area contributed by atoms with E-state index in [0.29, 0.717) is 17.1 Å². The molecule has 3 rings (SSSR count). The molecule has 0 radical (unpaired) electrons. The Kier molecular flexibility index (Phi) is 5.08. The average molecular weight is 338 g/mol. The molecule has 0 aliphatic carbocycles. The van der Waals surface area contributed by atoms with Gasteiger partial charge in [0.25, 0.3) is 5.91 Å². The van der Waals surface area contributed by atoms with Gasteiger partial charge in [-0.25, -0.2) is 0 Å². The third-order valence-corrected chi connectivity index (χ3v) is 3.66. The predicted molar refractivity (Wildman–Crippen MR) is 97.4 cm³/mol. The number of aromatic nitrogens is 1. The van der Waals surface area contributed by atoms with Crippen molar-refractivity contribution in [3.05, 3.63) is 89.2 Å². The summed E-state index contributed by atoms with van der Waals surface area (Å²) in [6.07, 6.45) is 1.77. The summed E-state index contributed by atoms with van der Waals surface area (Å²) in [5, 5.41) is 6.68. The summed E-state index contributed by atoms with van der Waals surface area (Å²) in [5.74, 6) is -0.188. The number of halogens is 1. The molecular weight excluding hydrogens is 322 g/mol. The molecule has 1 aromatic heterocycles. The highest BCUT2D eigenvalue weighted by molar-refractivity contribution is 6.31. The van der Waals surface area contributed by atoms with Crippen LogP contribution < -0.4 is 10.6 Å². The van der Waals surface area contributed by atoms with Crippen LogP contribution in [0.15, 0.2) is 72.9 Å². The first-order chi connectivity index (χ1) is 11.7. The molecule has 5 heteroatoms. The van der Waals surface area contributed by atoms with E-state index in [2.05, 4.69) is 15.6 Å². The molecule has 2 N–H and O–H groups in total. The number of benzene rings is 2. The number of amides is 1. The number of rotatable bonds is 5. The SMILES string of the molecule is O=C(Nc1ccc(NCc2ccccn2)cc1)c1cccc(Cl)c1. The van der Waals surface area contributed by atoms with Gasteiger partial charge in [-0.05, 0) is 54.6 Å². The van der Waals surface area contributed by atoms with Crippen molar-refractivity contribution >= 4 is 28.9 Å². The summed E-state index contributed by atoms with van der Waals surface area (Å²) in [4.78, 5) is 16.4. The van der Waals surface area contributed by atoms with E-state index in [1.807, 2.05) is 42.5 Å². The monoisotopic (exact) mass is 337 g/mol. The van der Waals surface area contributed by atoms with Gasteiger partial charge in [0.2, 0.25) is 0 Å². The van der Waals surface area contributed by atoms with Crippen LogP contribution in [0.3, 0.4) is 0 Å². The van der Waals surface area contributed by atoms with Gasteiger partial charge in [-0.2, -0.15) is 0 Å². The summed E-state index contributed by atoms with van der Waals surface area (Å²) in [5.41, 5.74) is 3.18. The van der Waals surface area contributed by atoms with Crippen LogP contribution >= 0.6 is 11.6 Å². The van der Waals surface area contributed by atoms with Crippen LogP contribution in [0.25, 0.3) is 0 Å². The van der Waals surface area contributed by atoms with Crippen LogP contribution in [-0.4, -0.2) is 10.9 Å². The van der Waals surface area contributed by atoms with Gasteiger partial charge in [-0.1, -0.05) is 23.7 Å². The normalized spacial score (nSPS) is 10.2. The molecule has 1 amide bonds. The molecule has 120 valence electrons. The minimum Gasteiger partial charge on any atom is -0.379 e. The van der Waals surface area contributed by atoms with Gasteiger partial charge in [0.1, 0.15) is 0 Å². The Labute approximate surface area is 145 Å². The fraction of sp³-hybridized carbons (Fsp3) is 0.0526. The largest absolute Gasteiger partial charge is 0.379 e. The van der Waals surface area contributed by atoms with Crippen molar-refractivity contribution in [2.75, 3.05) is 10.6 Å². The fourth-order valence-corrected chi connectivity index (χ4v) is 2.39. The molecule has 0 saturated heterocycles. The zero-order valence-corrected chi connectivity index (χ0v) is 13.6. The second kappa shape index (κ2) is 7.62. The zero-order valence-electron chi connectivity index (χ0n) is 12.9. The maximum Gasteiger partial charge on any atom is 0.255 e. The van der Waals surface area contributed by atoms with Crippen molar-refractivity contribution in [3.63, 3.8) is 0 Å². The number of pyridine rings is 1. The third kappa shape index (κ3) is 4.33. The Hall–Kier alpha value is -2.85. The Bertz CT molecular complexity index is 820. The van der Waals surface area contributed by atoms with Crippen LogP contribution in [0, 0.1) is 0 Å². The van der Waals surface area contributed by atoms with Gasteiger partial charge < -0.3 is 10.6 Å².